The number of allylic oxidation sites excluding steroid dienone is 8. The summed E-state index contributed by atoms with van der Waals surface area (Å²) in [6.07, 6.45) is 14.9. The zero-order chi connectivity index (χ0) is 25.1. The summed E-state index contributed by atoms with van der Waals surface area (Å²) < 4.78 is 11.8. The van der Waals surface area contributed by atoms with Crippen LogP contribution in [0.5, 0.6) is 11.5 Å². The van der Waals surface area contributed by atoms with Gasteiger partial charge in [-0.2, -0.15) is 0 Å². The molecular formula is C31H48O2. The molecule has 1 aromatic carbocycles. The molecule has 184 valence electrons. The highest BCUT2D eigenvalue weighted by Gasteiger charge is 2.23. The van der Waals surface area contributed by atoms with Crippen molar-refractivity contribution in [2.75, 3.05) is 14.2 Å². The number of benzene rings is 1. The summed E-state index contributed by atoms with van der Waals surface area (Å²) in [7, 11) is 3.56. The minimum Gasteiger partial charge on any atom is -0.496 e. The van der Waals surface area contributed by atoms with Gasteiger partial charge in [0, 0.05) is 11.5 Å². The summed E-state index contributed by atoms with van der Waals surface area (Å²) in [6, 6.07) is 0. The van der Waals surface area contributed by atoms with E-state index in [-0.39, 0.29) is 5.92 Å². The molecule has 2 heteroatoms. The van der Waals surface area contributed by atoms with E-state index in [1.807, 2.05) is 0 Å². The molecular weight excluding hydrogens is 404 g/mol. The normalized spacial score (nSPS) is 12.9. The van der Waals surface area contributed by atoms with Crippen molar-refractivity contribution in [3.05, 3.63) is 68.9 Å². The zero-order valence-corrected chi connectivity index (χ0v) is 23.2. The molecule has 0 saturated carbocycles. The van der Waals surface area contributed by atoms with Crippen LogP contribution in [0.3, 0.4) is 0 Å². The first kappa shape index (κ1) is 28.8. The summed E-state index contributed by atoms with van der Waals surface area (Å²) in [4.78, 5) is 0. The SMILES string of the molecule is COc1c(C)c(C)c(OC)c(C(C=C(C)CCC=C(C)C)CC=C(C)CCC=C(C)C)c1C. The van der Waals surface area contributed by atoms with Crippen molar-refractivity contribution in [1.82, 2.24) is 0 Å². The highest BCUT2D eigenvalue weighted by Crippen LogP contribution is 2.43. The van der Waals surface area contributed by atoms with Gasteiger partial charge in [0.25, 0.3) is 0 Å². The fourth-order valence-electron chi connectivity index (χ4n) is 4.44. The van der Waals surface area contributed by atoms with E-state index in [2.05, 4.69) is 86.6 Å². The van der Waals surface area contributed by atoms with Gasteiger partial charge < -0.3 is 9.47 Å². The predicted molar refractivity (Wildman–Crippen MR) is 146 cm³/mol. The fourth-order valence-corrected chi connectivity index (χ4v) is 4.44. The molecule has 0 bridgehead atoms. The number of ether oxygens (including phenoxy) is 2. The van der Waals surface area contributed by atoms with Crippen molar-refractivity contribution >= 4 is 0 Å². The first-order chi connectivity index (χ1) is 15.5. The van der Waals surface area contributed by atoms with Crippen molar-refractivity contribution < 1.29 is 9.47 Å². The van der Waals surface area contributed by atoms with Gasteiger partial charge in [-0.05, 0) is 111 Å². The Labute approximate surface area is 204 Å². The van der Waals surface area contributed by atoms with Crippen LogP contribution in [0.4, 0.5) is 0 Å². The van der Waals surface area contributed by atoms with Crippen LogP contribution in [0.15, 0.2) is 46.6 Å². The van der Waals surface area contributed by atoms with Crippen LogP contribution in [0.2, 0.25) is 0 Å². The van der Waals surface area contributed by atoms with Crippen molar-refractivity contribution in [3.63, 3.8) is 0 Å². The van der Waals surface area contributed by atoms with Crippen molar-refractivity contribution in [3.8, 4) is 11.5 Å². The first-order valence-corrected chi connectivity index (χ1v) is 12.3. The maximum Gasteiger partial charge on any atom is 0.126 e. The average molecular weight is 453 g/mol. The van der Waals surface area contributed by atoms with Gasteiger partial charge in [-0.15, -0.1) is 0 Å². The third kappa shape index (κ3) is 8.91. The van der Waals surface area contributed by atoms with Crippen molar-refractivity contribution in [2.24, 2.45) is 0 Å². The summed E-state index contributed by atoms with van der Waals surface area (Å²) in [5.74, 6) is 2.23. The predicted octanol–water partition coefficient (Wildman–Crippen LogP) is 9.49. The molecule has 33 heavy (non-hydrogen) atoms. The zero-order valence-electron chi connectivity index (χ0n) is 23.2. The molecule has 0 aliphatic rings. The lowest BCUT2D eigenvalue weighted by molar-refractivity contribution is 0.389. The van der Waals surface area contributed by atoms with Crippen LogP contribution in [0.1, 0.15) is 102 Å². The Kier molecular flexibility index (Phi) is 12.3. The van der Waals surface area contributed by atoms with Crippen LogP contribution in [-0.2, 0) is 0 Å². The molecule has 0 heterocycles. The van der Waals surface area contributed by atoms with Crippen LogP contribution in [0, 0.1) is 20.8 Å². The molecule has 0 radical (unpaired) electrons. The highest BCUT2D eigenvalue weighted by molar-refractivity contribution is 5.60. The van der Waals surface area contributed by atoms with Gasteiger partial charge in [0.05, 0.1) is 14.2 Å². The van der Waals surface area contributed by atoms with Gasteiger partial charge >= 0.3 is 0 Å². The number of hydrogen-bond acceptors (Lipinski definition) is 2. The first-order valence-electron chi connectivity index (χ1n) is 12.3. The van der Waals surface area contributed by atoms with E-state index in [4.69, 9.17) is 9.47 Å². The second-order valence-corrected chi connectivity index (χ2v) is 9.90. The fraction of sp³-hybridized carbons (Fsp3) is 0.548. The van der Waals surface area contributed by atoms with Gasteiger partial charge in [0.2, 0.25) is 0 Å². The molecule has 0 fully saturated rings. The molecule has 0 aliphatic heterocycles. The monoisotopic (exact) mass is 452 g/mol. The second kappa shape index (κ2) is 14.1. The molecule has 1 atom stereocenters. The molecule has 0 amide bonds. The third-order valence-electron chi connectivity index (χ3n) is 6.40. The summed E-state index contributed by atoms with van der Waals surface area (Å²) >= 11 is 0. The second-order valence-electron chi connectivity index (χ2n) is 9.90. The lowest BCUT2D eigenvalue weighted by Crippen LogP contribution is -2.08. The maximum absolute atomic E-state index is 5.99. The quantitative estimate of drug-likeness (QED) is 0.294. The van der Waals surface area contributed by atoms with Gasteiger partial charge in [-0.25, -0.2) is 0 Å². The Hall–Kier alpha value is -2.22. The molecule has 1 rings (SSSR count). The average Bonchev–Trinajstić information content (AvgIpc) is 2.73. The van der Waals surface area contributed by atoms with E-state index < -0.39 is 0 Å². The molecule has 2 nitrogen and oxygen atoms in total. The highest BCUT2D eigenvalue weighted by atomic mass is 16.5. The molecule has 0 aromatic heterocycles. The molecule has 1 aromatic rings. The molecule has 0 saturated heterocycles. The van der Waals surface area contributed by atoms with Crippen LogP contribution >= 0.6 is 0 Å². The topological polar surface area (TPSA) is 18.5 Å². The Balaban J connectivity index is 3.45. The molecule has 0 spiro atoms. The van der Waals surface area contributed by atoms with E-state index in [0.29, 0.717) is 0 Å². The minimum absolute atomic E-state index is 0.248. The Morgan fingerprint density at radius 2 is 1.15 bits per heavy atom. The summed E-state index contributed by atoms with van der Waals surface area (Å²) in [6.45, 7) is 19.6. The van der Waals surface area contributed by atoms with Crippen molar-refractivity contribution in [1.29, 1.82) is 0 Å². The Morgan fingerprint density at radius 1 is 0.667 bits per heavy atom. The number of hydrogen-bond donors (Lipinski definition) is 0. The van der Waals surface area contributed by atoms with Crippen LogP contribution in [-0.4, -0.2) is 14.2 Å². The van der Waals surface area contributed by atoms with Gasteiger partial charge in [-0.3, -0.25) is 0 Å². The smallest absolute Gasteiger partial charge is 0.126 e. The lowest BCUT2D eigenvalue weighted by atomic mass is 9.85. The number of rotatable bonds is 12. The van der Waals surface area contributed by atoms with Gasteiger partial charge in [0.15, 0.2) is 0 Å². The van der Waals surface area contributed by atoms with E-state index in [0.717, 1.165) is 49.2 Å². The standard InChI is InChI=1S/C31H48O2/c1-21(2)14-12-16-23(5)18-19-28(20-24(6)17-13-15-22(3)4)29-27(9)30(32-10)25(7)26(8)31(29)33-11/h14-15,18,20,28H,12-13,16-17,19H2,1-11H3. The third-order valence-corrected chi connectivity index (χ3v) is 6.40. The summed E-state index contributed by atoms with van der Waals surface area (Å²) in [5.41, 5.74) is 10.4. The van der Waals surface area contributed by atoms with Crippen LogP contribution in [0.25, 0.3) is 0 Å². The minimum atomic E-state index is 0.248. The molecule has 0 N–H and O–H groups in total. The van der Waals surface area contributed by atoms with E-state index in [1.54, 1.807) is 14.2 Å². The van der Waals surface area contributed by atoms with Gasteiger partial charge in [0.1, 0.15) is 11.5 Å². The Morgan fingerprint density at radius 3 is 1.64 bits per heavy atom. The van der Waals surface area contributed by atoms with E-state index >= 15 is 0 Å². The Bertz CT molecular complexity index is 902. The van der Waals surface area contributed by atoms with Crippen LogP contribution < -0.4 is 9.47 Å². The molecule has 1 unspecified atom stereocenters. The van der Waals surface area contributed by atoms with E-state index in [9.17, 15) is 0 Å². The van der Waals surface area contributed by atoms with E-state index in [1.165, 1.54) is 39.0 Å². The maximum atomic E-state index is 5.99. The largest absolute Gasteiger partial charge is 0.496 e. The summed E-state index contributed by atoms with van der Waals surface area (Å²) in [5, 5.41) is 0. The number of methoxy groups -OCH3 is 2. The van der Waals surface area contributed by atoms with Gasteiger partial charge in [-0.1, -0.05) is 46.6 Å². The lowest BCUT2D eigenvalue weighted by Gasteiger charge is -2.25. The van der Waals surface area contributed by atoms with Crippen molar-refractivity contribution in [2.45, 2.75) is 100 Å². The molecule has 0 aliphatic carbocycles.